The second-order valence-electron chi connectivity index (χ2n) is 4.16. The van der Waals surface area contributed by atoms with Gasteiger partial charge in [0.05, 0.1) is 18.6 Å². The quantitative estimate of drug-likeness (QED) is 0.809. The summed E-state index contributed by atoms with van der Waals surface area (Å²) in [6.45, 7) is 0.456. The minimum absolute atomic E-state index is 0.00863. The number of halogens is 2. The molecule has 106 valence electrons. The zero-order valence-electron chi connectivity index (χ0n) is 10.7. The van der Waals surface area contributed by atoms with Crippen LogP contribution in [0.25, 0.3) is 0 Å². The fraction of sp³-hybridized carbons (Fsp3) is 0.462. The Morgan fingerprint density at radius 2 is 1.95 bits per heavy atom. The first-order valence-electron chi connectivity index (χ1n) is 5.78. The fourth-order valence-electron chi connectivity index (χ4n) is 1.59. The zero-order chi connectivity index (χ0) is 14.5. The van der Waals surface area contributed by atoms with E-state index in [0.717, 1.165) is 0 Å². The average Bonchev–Trinajstić information content (AvgIpc) is 2.28. The first-order chi connectivity index (χ1) is 8.85. The molecule has 0 aliphatic carbocycles. The van der Waals surface area contributed by atoms with E-state index in [4.69, 9.17) is 4.74 Å². The van der Waals surface area contributed by atoms with Crippen molar-refractivity contribution in [3.63, 3.8) is 0 Å². The van der Waals surface area contributed by atoms with Crippen molar-refractivity contribution in [2.75, 3.05) is 6.61 Å². The van der Waals surface area contributed by atoms with Crippen LogP contribution < -0.4 is 4.74 Å². The summed E-state index contributed by atoms with van der Waals surface area (Å²) in [5, 5.41) is 10.2. The van der Waals surface area contributed by atoms with Crippen molar-refractivity contribution in [1.82, 2.24) is 0 Å². The third-order valence-corrected chi connectivity index (χ3v) is 2.50. The summed E-state index contributed by atoms with van der Waals surface area (Å²) >= 11 is 0. The van der Waals surface area contributed by atoms with E-state index in [9.17, 15) is 18.7 Å². The van der Waals surface area contributed by atoms with E-state index in [-0.39, 0.29) is 18.8 Å². The van der Waals surface area contributed by atoms with Crippen molar-refractivity contribution in [2.24, 2.45) is 0 Å². The Balaban J connectivity index is 2.75. The van der Waals surface area contributed by atoms with Gasteiger partial charge in [-0.15, -0.1) is 0 Å². The minimum atomic E-state index is -2.90. The summed E-state index contributed by atoms with van der Waals surface area (Å²) in [6.07, 6.45) is -0.212. The number of aliphatic hydroxyl groups is 1. The van der Waals surface area contributed by atoms with Crippen molar-refractivity contribution < 1.29 is 28.2 Å². The molecule has 0 fully saturated rings. The van der Waals surface area contributed by atoms with Gasteiger partial charge >= 0.3 is 12.6 Å². The third-order valence-electron chi connectivity index (χ3n) is 2.50. The standard InChI is InChI=1S/C13H16F2O4/c1-3-18-11(16)8-13(2,17)9-4-6-10(7-5-9)19-12(14)15/h4-7,12,17H,3,8H2,1-2H3. The maximum absolute atomic E-state index is 12.0. The second-order valence-corrected chi connectivity index (χ2v) is 4.16. The van der Waals surface area contributed by atoms with Crippen LogP contribution >= 0.6 is 0 Å². The summed E-state index contributed by atoms with van der Waals surface area (Å²) in [7, 11) is 0. The van der Waals surface area contributed by atoms with Crippen LogP contribution in [0, 0.1) is 0 Å². The SMILES string of the molecule is CCOC(=O)CC(C)(O)c1ccc(OC(F)F)cc1. The molecule has 6 heteroatoms. The minimum Gasteiger partial charge on any atom is -0.466 e. The molecule has 19 heavy (non-hydrogen) atoms. The van der Waals surface area contributed by atoms with Gasteiger partial charge in [0, 0.05) is 0 Å². The van der Waals surface area contributed by atoms with E-state index in [1.807, 2.05) is 0 Å². The molecule has 0 bridgehead atoms. The molecule has 1 unspecified atom stereocenters. The first kappa shape index (κ1) is 15.4. The van der Waals surface area contributed by atoms with Crippen molar-refractivity contribution >= 4 is 5.97 Å². The number of rotatable bonds is 6. The summed E-state index contributed by atoms with van der Waals surface area (Å²) < 4.78 is 32.9. The first-order valence-corrected chi connectivity index (χ1v) is 5.78. The van der Waals surface area contributed by atoms with Gasteiger partial charge in [-0.05, 0) is 31.5 Å². The lowest BCUT2D eigenvalue weighted by molar-refractivity contribution is -0.148. The average molecular weight is 274 g/mol. The molecule has 0 aliphatic rings. The molecule has 0 aliphatic heterocycles. The van der Waals surface area contributed by atoms with Crippen LogP contribution in [0.2, 0.25) is 0 Å². The molecule has 0 spiro atoms. The lowest BCUT2D eigenvalue weighted by atomic mass is 9.92. The van der Waals surface area contributed by atoms with Gasteiger partial charge in [-0.2, -0.15) is 8.78 Å². The smallest absolute Gasteiger partial charge is 0.387 e. The number of carbonyl (C=O) groups is 1. The topological polar surface area (TPSA) is 55.8 Å². The number of benzene rings is 1. The Labute approximate surface area is 109 Å². The second kappa shape index (κ2) is 6.47. The molecule has 1 rings (SSSR count). The van der Waals surface area contributed by atoms with Crippen molar-refractivity contribution in [1.29, 1.82) is 0 Å². The van der Waals surface area contributed by atoms with Gasteiger partial charge in [0.25, 0.3) is 0 Å². The summed E-state index contributed by atoms with van der Waals surface area (Å²) in [4.78, 5) is 11.3. The highest BCUT2D eigenvalue weighted by Crippen LogP contribution is 2.27. The van der Waals surface area contributed by atoms with Crippen molar-refractivity contribution in [3.05, 3.63) is 29.8 Å². The van der Waals surface area contributed by atoms with Crippen LogP contribution in [-0.2, 0) is 15.1 Å². The molecule has 0 aromatic heterocycles. The number of hydrogen-bond acceptors (Lipinski definition) is 4. The van der Waals surface area contributed by atoms with E-state index in [0.29, 0.717) is 5.56 Å². The molecule has 4 nitrogen and oxygen atoms in total. The summed E-state index contributed by atoms with van der Waals surface area (Å²) in [5.74, 6) is -0.536. The number of alkyl halides is 2. The molecular formula is C13H16F2O4. The number of carbonyl (C=O) groups excluding carboxylic acids is 1. The maximum atomic E-state index is 12.0. The number of esters is 1. The molecule has 0 amide bonds. The molecule has 0 saturated carbocycles. The lowest BCUT2D eigenvalue weighted by Crippen LogP contribution is -2.26. The maximum Gasteiger partial charge on any atom is 0.387 e. The van der Waals surface area contributed by atoms with Gasteiger partial charge in [0.15, 0.2) is 0 Å². The zero-order valence-corrected chi connectivity index (χ0v) is 10.7. The van der Waals surface area contributed by atoms with Crippen LogP contribution in [0.15, 0.2) is 24.3 Å². The predicted molar refractivity (Wildman–Crippen MR) is 63.9 cm³/mol. The summed E-state index contributed by atoms with van der Waals surface area (Å²) in [6, 6.07) is 5.47. The Bertz CT molecular complexity index is 415. The van der Waals surface area contributed by atoms with E-state index in [1.165, 1.54) is 31.2 Å². The van der Waals surface area contributed by atoms with Crippen LogP contribution in [0.4, 0.5) is 8.78 Å². The normalized spacial score (nSPS) is 14.0. The van der Waals surface area contributed by atoms with Crippen molar-refractivity contribution in [3.8, 4) is 5.75 Å². The highest BCUT2D eigenvalue weighted by molar-refractivity contribution is 5.71. The molecule has 1 aromatic carbocycles. The van der Waals surface area contributed by atoms with Crippen LogP contribution in [0.3, 0.4) is 0 Å². The molecule has 1 atom stereocenters. The van der Waals surface area contributed by atoms with Gasteiger partial charge in [-0.1, -0.05) is 12.1 Å². The van der Waals surface area contributed by atoms with Gasteiger partial charge in [-0.25, -0.2) is 0 Å². The van der Waals surface area contributed by atoms with Crippen LogP contribution in [0.1, 0.15) is 25.8 Å². The van der Waals surface area contributed by atoms with E-state index >= 15 is 0 Å². The predicted octanol–water partition coefficient (Wildman–Crippen LogP) is 2.45. The molecule has 1 N–H and O–H groups in total. The Hall–Kier alpha value is -1.69. The molecule has 0 heterocycles. The Morgan fingerprint density at radius 1 is 1.37 bits per heavy atom. The summed E-state index contributed by atoms with van der Waals surface area (Å²) in [5.41, 5.74) is -1.00. The van der Waals surface area contributed by atoms with Gasteiger partial charge in [-0.3, -0.25) is 4.79 Å². The molecule has 1 aromatic rings. The highest BCUT2D eigenvalue weighted by Gasteiger charge is 2.27. The molecule has 0 saturated heterocycles. The van der Waals surface area contributed by atoms with Gasteiger partial charge < -0.3 is 14.6 Å². The van der Waals surface area contributed by atoms with Gasteiger partial charge in [0.2, 0.25) is 0 Å². The van der Waals surface area contributed by atoms with Crippen LogP contribution in [-0.4, -0.2) is 24.3 Å². The number of ether oxygens (including phenoxy) is 2. The van der Waals surface area contributed by atoms with E-state index in [2.05, 4.69) is 4.74 Å². The third kappa shape index (κ3) is 4.82. The number of hydrogen-bond donors (Lipinski definition) is 1. The van der Waals surface area contributed by atoms with E-state index < -0.39 is 18.2 Å². The van der Waals surface area contributed by atoms with Gasteiger partial charge in [0.1, 0.15) is 5.75 Å². The van der Waals surface area contributed by atoms with Crippen molar-refractivity contribution in [2.45, 2.75) is 32.5 Å². The Kier molecular flexibility index (Phi) is 5.23. The highest BCUT2D eigenvalue weighted by atomic mass is 19.3. The molecular weight excluding hydrogens is 258 g/mol. The van der Waals surface area contributed by atoms with Crippen LogP contribution in [0.5, 0.6) is 5.75 Å². The largest absolute Gasteiger partial charge is 0.466 e. The van der Waals surface area contributed by atoms with E-state index in [1.54, 1.807) is 6.92 Å². The molecule has 0 radical (unpaired) electrons. The monoisotopic (exact) mass is 274 g/mol. The fourth-order valence-corrected chi connectivity index (χ4v) is 1.59. The lowest BCUT2D eigenvalue weighted by Gasteiger charge is -2.22. The Morgan fingerprint density at radius 3 is 2.42 bits per heavy atom.